The third-order valence-electron chi connectivity index (χ3n) is 3.57. The predicted octanol–water partition coefficient (Wildman–Crippen LogP) is 0.518. The highest BCUT2D eigenvalue weighted by Gasteiger charge is 2.37. The van der Waals surface area contributed by atoms with Gasteiger partial charge in [-0.2, -0.15) is 0 Å². The number of rotatable bonds is 3. The Hall–Kier alpha value is -2.95. The summed E-state index contributed by atoms with van der Waals surface area (Å²) in [6, 6.07) is 10.9. The first-order valence-corrected chi connectivity index (χ1v) is 9.33. The second kappa shape index (κ2) is 8.62. The number of likely N-dealkylation sites (N-methyl/N-ethyl adjacent to an activating group) is 1. The first kappa shape index (κ1) is 20.4. The minimum atomic E-state index is -3.91. The van der Waals surface area contributed by atoms with Gasteiger partial charge in [0.05, 0.1) is 11.5 Å². The fourth-order valence-corrected chi connectivity index (χ4v) is 3.69. The van der Waals surface area contributed by atoms with E-state index in [4.69, 9.17) is 10.8 Å². The number of nitrogens with zero attached hydrogens (tertiary/aromatic N) is 2. The molecule has 3 rings (SSSR count). The van der Waals surface area contributed by atoms with Crippen molar-refractivity contribution < 1.29 is 23.4 Å². The third kappa shape index (κ3) is 4.25. The molecule has 0 atom stereocenters. The second-order valence-electron chi connectivity index (χ2n) is 5.35. The summed E-state index contributed by atoms with van der Waals surface area (Å²) in [4.78, 5) is 16.3. The SMILES string of the molecule is CN1C(C(=O)Nc2ccccn2)=C(O)c2ccccc2S1(=O)=O.NCCO. The van der Waals surface area contributed by atoms with E-state index in [1.165, 1.54) is 25.4 Å². The number of carbonyl (C=O) groups excluding carboxylic acids is 1. The Morgan fingerprint density at radius 2 is 1.85 bits per heavy atom. The number of nitrogens with one attached hydrogen (secondary N) is 1. The molecule has 0 unspecified atom stereocenters. The maximum Gasteiger partial charge on any atom is 0.277 e. The van der Waals surface area contributed by atoms with Crippen molar-refractivity contribution in [2.45, 2.75) is 4.90 Å². The van der Waals surface area contributed by atoms with Gasteiger partial charge in [0.1, 0.15) is 5.82 Å². The molecule has 0 saturated carbocycles. The van der Waals surface area contributed by atoms with Crippen molar-refractivity contribution in [1.29, 1.82) is 0 Å². The van der Waals surface area contributed by atoms with E-state index in [-0.39, 0.29) is 28.6 Å². The van der Waals surface area contributed by atoms with E-state index in [9.17, 15) is 18.3 Å². The highest BCUT2D eigenvalue weighted by Crippen LogP contribution is 2.34. The molecule has 0 radical (unpaired) electrons. The lowest BCUT2D eigenvalue weighted by Crippen LogP contribution is -2.37. The van der Waals surface area contributed by atoms with Gasteiger partial charge in [-0.3, -0.25) is 9.10 Å². The van der Waals surface area contributed by atoms with Crippen molar-refractivity contribution in [2.24, 2.45) is 5.73 Å². The number of aliphatic hydroxyl groups excluding tert-OH is 2. The zero-order valence-corrected chi connectivity index (χ0v) is 15.3. The van der Waals surface area contributed by atoms with Crippen LogP contribution in [-0.4, -0.2) is 54.0 Å². The van der Waals surface area contributed by atoms with Crippen molar-refractivity contribution in [3.05, 3.63) is 59.9 Å². The number of benzene rings is 1. The van der Waals surface area contributed by atoms with Crippen LogP contribution < -0.4 is 11.1 Å². The van der Waals surface area contributed by atoms with Gasteiger partial charge in [0, 0.05) is 25.4 Å². The number of amides is 1. The normalized spacial score (nSPS) is 14.7. The van der Waals surface area contributed by atoms with Gasteiger partial charge in [-0.15, -0.1) is 0 Å². The zero-order chi connectivity index (χ0) is 20.0. The van der Waals surface area contributed by atoms with E-state index >= 15 is 0 Å². The molecule has 144 valence electrons. The number of aliphatic hydroxyl groups is 2. The molecule has 0 spiro atoms. The molecule has 0 fully saturated rings. The van der Waals surface area contributed by atoms with Gasteiger partial charge in [-0.1, -0.05) is 18.2 Å². The number of fused-ring (bicyclic) bond motifs is 1. The molecule has 0 saturated heterocycles. The average Bonchev–Trinajstić information content (AvgIpc) is 2.68. The number of pyridine rings is 1. The van der Waals surface area contributed by atoms with Gasteiger partial charge in [-0.25, -0.2) is 13.4 Å². The number of nitrogens with two attached hydrogens (primary N) is 1. The molecule has 5 N–H and O–H groups in total. The van der Waals surface area contributed by atoms with Gasteiger partial charge < -0.3 is 21.3 Å². The monoisotopic (exact) mass is 392 g/mol. The Kier molecular flexibility index (Phi) is 6.50. The van der Waals surface area contributed by atoms with E-state index < -0.39 is 21.7 Å². The summed E-state index contributed by atoms with van der Waals surface area (Å²) >= 11 is 0. The fraction of sp³-hybridized carbons (Fsp3) is 0.176. The topological polar surface area (TPSA) is 146 Å². The van der Waals surface area contributed by atoms with Crippen LogP contribution in [0.15, 0.2) is 59.3 Å². The number of carbonyl (C=O) groups is 1. The molecular weight excluding hydrogens is 372 g/mol. The molecule has 1 aliphatic heterocycles. The highest BCUT2D eigenvalue weighted by atomic mass is 32.2. The molecule has 0 bridgehead atoms. The van der Waals surface area contributed by atoms with E-state index in [2.05, 4.69) is 10.3 Å². The Bertz CT molecular complexity index is 943. The lowest BCUT2D eigenvalue weighted by Gasteiger charge is -2.28. The van der Waals surface area contributed by atoms with Crippen LogP contribution in [0.4, 0.5) is 5.82 Å². The molecule has 1 aliphatic rings. The summed E-state index contributed by atoms with van der Waals surface area (Å²) in [7, 11) is -2.69. The number of aromatic nitrogens is 1. The maximum atomic E-state index is 12.5. The smallest absolute Gasteiger partial charge is 0.277 e. The fourth-order valence-electron chi connectivity index (χ4n) is 2.29. The molecule has 27 heavy (non-hydrogen) atoms. The van der Waals surface area contributed by atoms with E-state index in [1.807, 2.05) is 0 Å². The molecule has 1 aromatic carbocycles. The molecule has 9 nitrogen and oxygen atoms in total. The lowest BCUT2D eigenvalue weighted by atomic mass is 10.1. The molecule has 0 aliphatic carbocycles. The van der Waals surface area contributed by atoms with Crippen LogP contribution in [0.25, 0.3) is 5.76 Å². The minimum Gasteiger partial charge on any atom is -0.505 e. The molecule has 2 heterocycles. The van der Waals surface area contributed by atoms with Crippen molar-refractivity contribution in [3.63, 3.8) is 0 Å². The Labute approximate surface area is 156 Å². The first-order chi connectivity index (χ1) is 12.8. The lowest BCUT2D eigenvalue weighted by molar-refractivity contribution is -0.113. The van der Waals surface area contributed by atoms with Crippen LogP contribution in [0, 0.1) is 0 Å². The van der Waals surface area contributed by atoms with E-state index in [0.717, 1.165) is 4.31 Å². The van der Waals surface area contributed by atoms with Crippen LogP contribution in [-0.2, 0) is 14.8 Å². The quantitative estimate of drug-likeness (QED) is 0.595. The van der Waals surface area contributed by atoms with Crippen LogP contribution in [0.1, 0.15) is 5.56 Å². The summed E-state index contributed by atoms with van der Waals surface area (Å²) in [5.41, 5.74) is 4.52. The van der Waals surface area contributed by atoms with Crippen molar-refractivity contribution >= 4 is 27.5 Å². The van der Waals surface area contributed by atoms with Gasteiger partial charge >= 0.3 is 0 Å². The van der Waals surface area contributed by atoms with Gasteiger partial charge in [-0.05, 0) is 24.3 Å². The van der Waals surface area contributed by atoms with Crippen LogP contribution >= 0.6 is 0 Å². The molecule has 1 aromatic heterocycles. The van der Waals surface area contributed by atoms with Crippen LogP contribution in [0.2, 0.25) is 0 Å². The Morgan fingerprint density at radius 3 is 2.44 bits per heavy atom. The standard InChI is InChI=1S/C15H13N3O4S.C2H7NO/c1-18-13(15(20)17-12-8-4-5-9-16-12)14(19)10-6-2-3-7-11(10)23(18,21)22;3-1-2-4/h2-9,19H,1H3,(H,16,17,20);4H,1-3H2. The van der Waals surface area contributed by atoms with Crippen molar-refractivity contribution in [2.75, 3.05) is 25.5 Å². The van der Waals surface area contributed by atoms with Gasteiger partial charge in [0.15, 0.2) is 11.5 Å². The van der Waals surface area contributed by atoms with Crippen molar-refractivity contribution in [3.8, 4) is 0 Å². The number of hydrogen-bond acceptors (Lipinski definition) is 7. The van der Waals surface area contributed by atoms with Crippen LogP contribution in [0.3, 0.4) is 0 Å². The molecule has 1 amide bonds. The number of sulfonamides is 1. The largest absolute Gasteiger partial charge is 0.505 e. The highest BCUT2D eigenvalue weighted by molar-refractivity contribution is 7.89. The number of anilines is 1. The van der Waals surface area contributed by atoms with E-state index in [1.54, 1.807) is 30.3 Å². The first-order valence-electron chi connectivity index (χ1n) is 7.89. The summed E-state index contributed by atoms with van der Waals surface area (Å²) < 4.78 is 25.8. The average molecular weight is 392 g/mol. The third-order valence-corrected chi connectivity index (χ3v) is 5.39. The zero-order valence-electron chi connectivity index (χ0n) is 14.5. The number of hydrogen-bond donors (Lipinski definition) is 4. The summed E-state index contributed by atoms with van der Waals surface area (Å²) in [5.74, 6) is -0.907. The van der Waals surface area contributed by atoms with Gasteiger partial charge in [0.25, 0.3) is 15.9 Å². The Balaban J connectivity index is 0.000000596. The Morgan fingerprint density at radius 1 is 1.22 bits per heavy atom. The van der Waals surface area contributed by atoms with Crippen LogP contribution in [0.5, 0.6) is 0 Å². The van der Waals surface area contributed by atoms with Crippen molar-refractivity contribution in [1.82, 2.24) is 9.29 Å². The summed E-state index contributed by atoms with van der Waals surface area (Å²) in [5, 5.41) is 20.6. The maximum absolute atomic E-state index is 12.5. The molecule has 10 heteroatoms. The summed E-state index contributed by atoms with van der Waals surface area (Å²) in [6.07, 6.45) is 1.49. The summed E-state index contributed by atoms with van der Waals surface area (Å²) in [6.45, 7) is 0.472. The molecule has 2 aromatic rings. The second-order valence-corrected chi connectivity index (χ2v) is 7.28. The van der Waals surface area contributed by atoms with Gasteiger partial charge in [0.2, 0.25) is 0 Å². The van der Waals surface area contributed by atoms with E-state index in [0.29, 0.717) is 6.54 Å². The molecular formula is C17H20N4O5S. The minimum absolute atomic E-state index is 0.0469. The predicted molar refractivity (Wildman–Crippen MR) is 99.9 cm³/mol.